The Morgan fingerprint density at radius 1 is 0.920 bits per heavy atom. The van der Waals surface area contributed by atoms with Gasteiger partial charge in [-0.05, 0) is 50.7 Å². The molecule has 0 amide bonds. The molecule has 1 aromatic heterocycles. The first-order chi connectivity index (χ1) is 12.2. The third-order valence-corrected chi connectivity index (χ3v) is 4.95. The summed E-state index contributed by atoms with van der Waals surface area (Å²) >= 11 is 0. The minimum absolute atomic E-state index is 0.150. The van der Waals surface area contributed by atoms with Gasteiger partial charge in [-0.15, -0.1) is 0 Å². The second-order valence-electron chi connectivity index (χ2n) is 7.00. The van der Waals surface area contributed by atoms with Crippen LogP contribution in [0, 0.1) is 0 Å². The second-order valence-corrected chi connectivity index (χ2v) is 7.00. The maximum atomic E-state index is 12.2. The first kappa shape index (κ1) is 19.5. The second kappa shape index (κ2) is 10.9. The Kier molecular flexibility index (Phi) is 8.51. The molecule has 2 nitrogen and oxygen atoms in total. The first-order valence-electron chi connectivity index (χ1n) is 9.96. The number of fused-ring (bicyclic) bond motifs is 1. The van der Waals surface area contributed by atoms with E-state index in [1.54, 1.807) is 0 Å². The fourth-order valence-electron chi connectivity index (χ4n) is 3.36. The zero-order valence-corrected chi connectivity index (χ0v) is 16.0. The Bertz CT molecular complexity index is 726. The van der Waals surface area contributed by atoms with Crippen molar-refractivity contribution in [1.82, 2.24) is 4.57 Å². The Morgan fingerprint density at radius 2 is 1.60 bits per heavy atom. The van der Waals surface area contributed by atoms with Crippen molar-refractivity contribution in [3.05, 3.63) is 58.4 Å². The van der Waals surface area contributed by atoms with E-state index in [0.29, 0.717) is 0 Å². The third kappa shape index (κ3) is 6.19. The van der Waals surface area contributed by atoms with Crippen LogP contribution in [-0.4, -0.2) is 4.57 Å². The van der Waals surface area contributed by atoms with Gasteiger partial charge in [0.2, 0.25) is 0 Å². The van der Waals surface area contributed by atoms with E-state index in [2.05, 4.69) is 30.7 Å². The lowest BCUT2D eigenvalue weighted by molar-refractivity contribution is 0.631. The number of unbranched alkanes of at least 4 members (excludes halogenated alkanes) is 7. The Hall–Kier alpha value is -1.83. The van der Waals surface area contributed by atoms with Crippen LogP contribution in [0.2, 0.25) is 0 Å². The SMILES string of the molecule is CCCCC/C=C\CCCCCCc1cc(=O)c2ccccc2n1C. The Balaban J connectivity index is 1.70. The molecule has 0 aliphatic heterocycles. The van der Waals surface area contributed by atoms with Crippen molar-refractivity contribution in [2.75, 3.05) is 0 Å². The molecular weight excluding hydrogens is 306 g/mol. The number of nitrogens with zero attached hydrogens (tertiary/aromatic N) is 1. The molecule has 2 aromatic rings. The van der Waals surface area contributed by atoms with Crippen molar-refractivity contribution in [2.45, 2.75) is 71.1 Å². The molecule has 0 saturated carbocycles. The van der Waals surface area contributed by atoms with Crippen LogP contribution in [0.3, 0.4) is 0 Å². The lowest BCUT2D eigenvalue weighted by atomic mass is 10.1. The number of hydrogen-bond acceptors (Lipinski definition) is 1. The summed E-state index contributed by atoms with van der Waals surface area (Å²) in [4.78, 5) is 12.2. The summed E-state index contributed by atoms with van der Waals surface area (Å²) in [6, 6.07) is 9.70. The Morgan fingerprint density at radius 3 is 2.36 bits per heavy atom. The minimum atomic E-state index is 0.150. The van der Waals surface area contributed by atoms with Gasteiger partial charge in [-0.25, -0.2) is 0 Å². The monoisotopic (exact) mass is 339 g/mol. The summed E-state index contributed by atoms with van der Waals surface area (Å²) in [6.45, 7) is 2.25. The van der Waals surface area contributed by atoms with Gasteiger partial charge in [0.05, 0.1) is 5.52 Å². The molecule has 2 heteroatoms. The van der Waals surface area contributed by atoms with Crippen LogP contribution in [0.25, 0.3) is 10.9 Å². The van der Waals surface area contributed by atoms with Gasteiger partial charge in [0.1, 0.15) is 0 Å². The topological polar surface area (TPSA) is 22.0 Å². The molecule has 0 aliphatic rings. The number of pyridine rings is 1. The molecular formula is C23H33NO. The molecule has 1 heterocycles. The molecule has 0 atom stereocenters. The average molecular weight is 340 g/mol. The van der Waals surface area contributed by atoms with Gasteiger partial charge < -0.3 is 4.57 Å². The lowest BCUT2D eigenvalue weighted by Gasteiger charge is -2.12. The summed E-state index contributed by atoms with van der Waals surface area (Å²) in [7, 11) is 2.07. The van der Waals surface area contributed by atoms with Crippen LogP contribution in [0.15, 0.2) is 47.3 Å². The average Bonchev–Trinajstić information content (AvgIpc) is 2.63. The number of aryl methyl sites for hydroxylation is 2. The smallest absolute Gasteiger partial charge is 0.189 e. The van der Waals surface area contributed by atoms with Crippen LogP contribution in [0.5, 0.6) is 0 Å². The molecule has 136 valence electrons. The quantitative estimate of drug-likeness (QED) is 0.354. The van der Waals surface area contributed by atoms with E-state index < -0.39 is 0 Å². The van der Waals surface area contributed by atoms with Gasteiger partial charge in [0.15, 0.2) is 5.43 Å². The zero-order valence-electron chi connectivity index (χ0n) is 16.0. The third-order valence-electron chi connectivity index (χ3n) is 4.95. The predicted molar refractivity (Wildman–Crippen MR) is 109 cm³/mol. The number of aromatic nitrogens is 1. The van der Waals surface area contributed by atoms with Gasteiger partial charge in [-0.2, -0.15) is 0 Å². The summed E-state index contributed by atoms with van der Waals surface area (Å²) in [5.74, 6) is 0. The predicted octanol–water partition coefficient (Wildman–Crippen LogP) is 6.17. The first-order valence-corrected chi connectivity index (χ1v) is 9.96. The molecule has 2 rings (SSSR count). The van der Waals surface area contributed by atoms with Gasteiger partial charge in [-0.1, -0.05) is 56.9 Å². The molecule has 0 N–H and O–H groups in total. The van der Waals surface area contributed by atoms with Crippen molar-refractivity contribution < 1.29 is 0 Å². The molecule has 25 heavy (non-hydrogen) atoms. The highest BCUT2D eigenvalue weighted by molar-refractivity contribution is 5.79. The van der Waals surface area contributed by atoms with E-state index in [1.165, 1.54) is 51.4 Å². The number of hydrogen-bond donors (Lipinski definition) is 0. The van der Waals surface area contributed by atoms with Gasteiger partial charge in [0, 0.05) is 24.2 Å². The van der Waals surface area contributed by atoms with Crippen molar-refractivity contribution in [1.29, 1.82) is 0 Å². The number of benzene rings is 1. The van der Waals surface area contributed by atoms with Crippen LogP contribution in [0.1, 0.15) is 70.4 Å². The molecule has 0 unspecified atom stereocenters. The van der Waals surface area contributed by atoms with Crippen molar-refractivity contribution in [2.24, 2.45) is 7.05 Å². The summed E-state index contributed by atoms with van der Waals surface area (Å²) in [6.07, 6.45) is 17.1. The van der Waals surface area contributed by atoms with E-state index in [1.807, 2.05) is 30.3 Å². The van der Waals surface area contributed by atoms with Gasteiger partial charge >= 0.3 is 0 Å². The number of rotatable bonds is 11. The Labute approximate surface area is 152 Å². The van der Waals surface area contributed by atoms with Crippen LogP contribution in [-0.2, 0) is 13.5 Å². The molecule has 0 fully saturated rings. The van der Waals surface area contributed by atoms with Crippen LogP contribution < -0.4 is 5.43 Å². The maximum absolute atomic E-state index is 12.2. The number of para-hydroxylation sites is 1. The van der Waals surface area contributed by atoms with E-state index >= 15 is 0 Å². The zero-order chi connectivity index (χ0) is 17.9. The summed E-state index contributed by atoms with van der Waals surface area (Å²) in [5.41, 5.74) is 2.34. The van der Waals surface area contributed by atoms with Crippen molar-refractivity contribution in [3.8, 4) is 0 Å². The maximum Gasteiger partial charge on any atom is 0.189 e. The van der Waals surface area contributed by atoms with Crippen molar-refractivity contribution in [3.63, 3.8) is 0 Å². The summed E-state index contributed by atoms with van der Waals surface area (Å²) < 4.78 is 2.18. The molecule has 0 aliphatic carbocycles. The normalized spacial score (nSPS) is 11.6. The lowest BCUT2D eigenvalue weighted by Crippen LogP contribution is -2.11. The molecule has 0 spiro atoms. The molecule has 0 radical (unpaired) electrons. The minimum Gasteiger partial charge on any atom is -0.347 e. The largest absolute Gasteiger partial charge is 0.347 e. The molecule has 1 aromatic carbocycles. The van der Waals surface area contributed by atoms with Crippen LogP contribution in [0.4, 0.5) is 0 Å². The van der Waals surface area contributed by atoms with Crippen LogP contribution >= 0.6 is 0 Å². The highest BCUT2D eigenvalue weighted by Gasteiger charge is 2.05. The van der Waals surface area contributed by atoms with Gasteiger partial charge in [-0.3, -0.25) is 4.79 Å². The molecule has 0 bridgehead atoms. The van der Waals surface area contributed by atoms with Gasteiger partial charge in [0.25, 0.3) is 0 Å². The summed E-state index contributed by atoms with van der Waals surface area (Å²) in [5, 5.41) is 0.819. The van der Waals surface area contributed by atoms with E-state index in [4.69, 9.17) is 0 Å². The fourth-order valence-corrected chi connectivity index (χ4v) is 3.36. The highest BCUT2D eigenvalue weighted by Crippen LogP contribution is 2.14. The van der Waals surface area contributed by atoms with Crippen molar-refractivity contribution >= 4 is 10.9 Å². The number of allylic oxidation sites excluding steroid dienone is 2. The highest BCUT2D eigenvalue weighted by atomic mass is 16.1. The molecule has 0 saturated heterocycles. The fraction of sp³-hybridized carbons (Fsp3) is 0.522. The standard InChI is InChI=1S/C23H33NO/c1-3-4-5-6-7-8-9-10-11-12-13-16-20-19-23(25)21-17-14-15-18-22(21)24(20)2/h7-8,14-15,17-19H,3-6,9-13,16H2,1-2H3/b8-7-. The van der Waals surface area contributed by atoms with E-state index in [9.17, 15) is 4.79 Å². The van der Waals surface area contributed by atoms with E-state index in [-0.39, 0.29) is 5.43 Å². The van der Waals surface area contributed by atoms with E-state index in [0.717, 1.165) is 29.4 Å².